The van der Waals surface area contributed by atoms with Gasteiger partial charge in [0.25, 0.3) is 21.6 Å². The number of nitro groups is 2. The first-order valence-corrected chi connectivity index (χ1v) is 10.7. The van der Waals surface area contributed by atoms with Crippen molar-refractivity contribution in [3.8, 4) is 5.75 Å². The van der Waals surface area contributed by atoms with Crippen molar-refractivity contribution in [2.45, 2.75) is 4.90 Å². The fourth-order valence-electron chi connectivity index (χ4n) is 2.83. The molecule has 3 rings (SSSR count). The summed E-state index contributed by atoms with van der Waals surface area (Å²) in [4.78, 5) is 32.4. The van der Waals surface area contributed by atoms with Crippen molar-refractivity contribution in [2.75, 3.05) is 17.1 Å². The van der Waals surface area contributed by atoms with E-state index < -0.39 is 37.3 Å². The molecule has 1 amide bonds. The van der Waals surface area contributed by atoms with Crippen LogP contribution in [-0.4, -0.2) is 31.3 Å². The normalized spacial score (nSPS) is 10.9. The molecule has 0 bridgehead atoms. The number of non-ortho nitro benzene ring substituents is 1. The minimum absolute atomic E-state index is 0.0287. The van der Waals surface area contributed by atoms with Crippen molar-refractivity contribution in [1.82, 2.24) is 0 Å². The lowest BCUT2D eigenvalue weighted by Crippen LogP contribution is -2.16. The van der Waals surface area contributed by atoms with E-state index in [1.807, 2.05) is 0 Å². The van der Waals surface area contributed by atoms with E-state index in [1.165, 1.54) is 31.4 Å². The Bertz CT molecular complexity index is 1410. The molecule has 0 aromatic heterocycles. The number of anilines is 2. The summed E-state index contributed by atoms with van der Waals surface area (Å²) in [5.74, 6) is -1.87. The zero-order valence-corrected chi connectivity index (χ0v) is 18.0. The Balaban J connectivity index is 1.88. The predicted molar refractivity (Wildman–Crippen MR) is 118 cm³/mol. The number of halogens is 1. The number of nitrogens with zero attached hydrogens (tertiary/aromatic N) is 2. The molecule has 0 aliphatic rings. The zero-order chi connectivity index (χ0) is 25.0. The van der Waals surface area contributed by atoms with Crippen LogP contribution in [0.1, 0.15) is 10.4 Å². The minimum atomic E-state index is -4.31. The van der Waals surface area contributed by atoms with Crippen LogP contribution in [0.4, 0.5) is 27.1 Å². The maximum atomic E-state index is 13.5. The SMILES string of the molecule is COc1ccc([N+](=O)[O-])cc1NS(=O)(=O)c1cccc(C(=O)Nc2ccc(F)c([N+](=O)[O-])c2)c1. The van der Waals surface area contributed by atoms with Crippen LogP contribution < -0.4 is 14.8 Å². The predicted octanol–water partition coefficient (Wildman–Crippen LogP) is 3.70. The summed E-state index contributed by atoms with van der Waals surface area (Å²) in [6.45, 7) is 0. The van der Waals surface area contributed by atoms with E-state index in [9.17, 15) is 37.8 Å². The Morgan fingerprint density at radius 1 is 1.00 bits per heavy atom. The number of nitro benzene ring substituents is 2. The van der Waals surface area contributed by atoms with Gasteiger partial charge < -0.3 is 10.1 Å². The number of benzene rings is 3. The van der Waals surface area contributed by atoms with Crippen molar-refractivity contribution in [3.05, 3.63) is 92.3 Å². The molecule has 0 saturated carbocycles. The summed E-state index contributed by atoms with van der Waals surface area (Å²) in [5, 5.41) is 24.2. The molecule has 0 aliphatic heterocycles. The zero-order valence-electron chi connectivity index (χ0n) is 17.2. The van der Waals surface area contributed by atoms with E-state index >= 15 is 0 Å². The molecule has 3 aromatic carbocycles. The van der Waals surface area contributed by atoms with Crippen LogP contribution in [0.5, 0.6) is 5.75 Å². The van der Waals surface area contributed by atoms with Gasteiger partial charge in [-0.3, -0.25) is 29.7 Å². The standard InChI is InChI=1S/C20H15FN4O8S/c1-33-19-8-6-14(24(27)28)11-17(19)23-34(31,32)15-4-2-3-12(9-15)20(26)22-13-5-7-16(21)18(10-13)25(29)30/h2-11,23H,1H3,(H,22,26). The average Bonchev–Trinajstić information content (AvgIpc) is 2.79. The largest absolute Gasteiger partial charge is 0.495 e. The van der Waals surface area contributed by atoms with Gasteiger partial charge in [0.15, 0.2) is 0 Å². The molecule has 0 spiro atoms. The van der Waals surface area contributed by atoms with Crippen molar-refractivity contribution in [2.24, 2.45) is 0 Å². The van der Waals surface area contributed by atoms with Crippen LogP contribution in [-0.2, 0) is 10.0 Å². The number of sulfonamides is 1. The highest BCUT2D eigenvalue weighted by atomic mass is 32.2. The smallest absolute Gasteiger partial charge is 0.306 e. The Morgan fingerprint density at radius 3 is 2.38 bits per heavy atom. The lowest BCUT2D eigenvalue weighted by molar-refractivity contribution is -0.387. The molecule has 34 heavy (non-hydrogen) atoms. The van der Waals surface area contributed by atoms with Gasteiger partial charge in [-0.1, -0.05) is 6.07 Å². The molecular weight excluding hydrogens is 475 g/mol. The number of hydrogen-bond donors (Lipinski definition) is 2. The molecule has 0 saturated heterocycles. The van der Waals surface area contributed by atoms with Crippen LogP contribution in [0.3, 0.4) is 0 Å². The van der Waals surface area contributed by atoms with Gasteiger partial charge >= 0.3 is 5.69 Å². The highest BCUT2D eigenvalue weighted by molar-refractivity contribution is 7.92. The van der Waals surface area contributed by atoms with Gasteiger partial charge in [0.05, 0.1) is 27.5 Å². The van der Waals surface area contributed by atoms with Crippen molar-refractivity contribution < 1.29 is 32.2 Å². The van der Waals surface area contributed by atoms with E-state index in [2.05, 4.69) is 10.0 Å². The number of nitrogens with one attached hydrogen (secondary N) is 2. The van der Waals surface area contributed by atoms with E-state index in [0.29, 0.717) is 0 Å². The van der Waals surface area contributed by atoms with Crippen molar-refractivity contribution >= 4 is 38.7 Å². The molecule has 0 aliphatic carbocycles. The summed E-state index contributed by atoms with van der Waals surface area (Å²) in [5.41, 5.74) is -1.61. The van der Waals surface area contributed by atoms with E-state index in [0.717, 1.165) is 36.4 Å². The number of carbonyl (C=O) groups excluding carboxylic acids is 1. The van der Waals surface area contributed by atoms with Crippen molar-refractivity contribution in [3.63, 3.8) is 0 Å². The molecule has 0 unspecified atom stereocenters. The lowest BCUT2D eigenvalue weighted by Gasteiger charge is -2.12. The summed E-state index contributed by atoms with van der Waals surface area (Å²) >= 11 is 0. The van der Waals surface area contributed by atoms with Crippen LogP contribution >= 0.6 is 0 Å². The molecule has 12 nitrogen and oxygen atoms in total. The molecule has 14 heteroatoms. The van der Waals surface area contributed by atoms with Gasteiger partial charge in [0, 0.05) is 29.4 Å². The monoisotopic (exact) mass is 490 g/mol. The third-order valence-electron chi connectivity index (χ3n) is 4.45. The lowest BCUT2D eigenvalue weighted by atomic mass is 10.2. The molecule has 176 valence electrons. The maximum absolute atomic E-state index is 13.5. The molecule has 2 N–H and O–H groups in total. The number of ether oxygens (including phenoxy) is 1. The number of methoxy groups -OCH3 is 1. The topological polar surface area (TPSA) is 171 Å². The van der Waals surface area contributed by atoms with Gasteiger partial charge in [0.2, 0.25) is 5.82 Å². The quantitative estimate of drug-likeness (QED) is 0.355. The second kappa shape index (κ2) is 9.50. The Hall–Kier alpha value is -4.59. The second-order valence-corrected chi connectivity index (χ2v) is 8.33. The first-order chi connectivity index (χ1) is 16.0. The highest BCUT2D eigenvalue weighted by Gasteiger charge is 2.21. The van der Waals surface area contributed by atoms with Gasteiger partial charge in [-0.05, 0) is 36.4 Å². The van der Waals surface area contributed by atoms with E-state index in [-0.39, 0.29) is 33.3 Å². The minimum Gasteiger partial charge on any atom is -0.495 e. The molecule has 0 fully saturated rings. The molecule has 3 aromatic rings. The van der Waals surface area contributed by atoms with Gasteiger partial charge in [-0.15, -0.1) is 0 Å². The average molecular weight is 490 g/mol. The fourth-order valence-corrected chi connectivity index (χ4v) is 3.94. The number of carbonyl (C=O) groups is 1. The molecule has 0 atom stereocenters. The number of rotatable bonds is 8. The summed E-state index contributed by atoms with van der Waals surface area (Å²) in [7, 11) is -3.06. The molecule has 0 radical (unpaired) electrons. The number of hydrogen-bond acceptors (Lipinski definition) is 8. The first kappa shape index (κ1) is 24.1. The van der Waals surface area contributed by atoms with Crippen LogP contribution in [0, 0.1) is 26.0 Å². The van der Waals surface area contributed by atoms with E-state index in [4.69, 9.17) is 4.74 Å². The number of amides is 1. The molecule has 0 heterocycles. The highest BCUT2D eigenvalue weighted by Crippen LogP contribution is 2.31. The summed E-state index contributed by atoms with van der Waals surface area (Å²) in [6.07, 6.45) is 0. The van der Waals surface area contributed by atoms with Gasteiger partial charge in [-0.2, -0.15) is 4.39 Å². The van der Waals surface area contributed by atoms with Gasteiger partial charge in [0.1, 0.15) is 5.75 Å². The Kier molecular flexibility index (Phi) is 6.72. The Labute approximate surface area is 191 Å². The maximum Gasteiger partial charge on any atom is 0.306 e. The Morgan fingerprint density at radius 2 is 1.74 bits per heavy atom. The second-order valence-electron chi connectivity index (χ2n) is 6.65. The molecular formula is C20H15FN4O8S. The third-order valence-corrected chi connectivity index (χ3v) is 5.81. The van der Waals surface area contributed by atoms with Crippen molar-refractivity contribution in [1.29, 1.82) is 0 Å². The van der Waals surface area contributed by atoms with E-state index in [1.54, 1.807) is 0 Å². The summed E-state index contributed by atoms with van der Waals surface area (Å²) < 4.78 is 46.4. The third kappa shape index (κ3) is 5.24. The van der Waals surface area contributed by atoms with Gasteiger partial charge in [-0.25, -0.2) is 8.42 Å². The first-order valence-electron chi connectivity index (χ1n) is 9.22. The fraction of sp³-hybridized carbons (Fsp3) is 0.0500. The van der Waals surface area contributed by atoms with Crippen LogP contribution in [0.2, 0.25) is 0 Å². The van der Waals surface area contributed by atoms with Crippen LogP contribution in [0.25, 0.3) is 0 Å². The van der Waals surface area contributed by atoms with Crippen LogP contribution in [0.15, 0.2) is 65.6 Å². The summed E-state index contributed by atoms with van der Waals surface area (Å²) in [6, 6.07) is 10.9.